The highest BCUT2D eigenvalue weighted by molar-refractivity contribution is 5.47. The number of hydrogen-bond acceptors (Lipinski definition) is 2. The summed E-state index contributed by atoms with van der Waals surface area (Å²) in [5.74, 6) is -0.211. The lowest BCUT2D eigenvalue weighted by molar-refractivity contribution is 0.628. The standard InChI is InChI=1S/C16H19FN2/c1-13-6-8-16(9-7-13)19(2)11-10-18-15-5-3-4-14(17)12-15/h3-9,12,18H,10-11H2,1-2H3. The molecule has 0 saturated carbocycles. The lowest BCUT2D eigenvalue weighted by atomic mass is 10.2. The average Bonchev–Trinajstić information content (AvgIpc) is 2.39. The molecule has 0 radical (unpaired) electrons. The first-order chi connectivity index (χ1) is 9.15. The normalized spacial score (nSPS) is 10.3. The SMILES string of the molecule is Cc1ccc(N(C)CCNc2cccc(F)c2)cc1. The van der Waals surface area contributed by atoms with Crippen molar-refractivity contribution in [2.75, 3.05) is 30.4 Å². The summed E-state index contributed by atoms with van der Waals surface area (Å²) in [5, 5.41) is 3.22. The van der Waals surface area contributed by atoms with Crippen molar-refractivity contribution in [1.29, 1.82) is 0 Å². The zero-order valence-electron chi connectivity index (χ0n) is 11.4. The fourth-order valence-corrected chi connectivity index (χ4v) is 1.89. The third kappa shape index (κ3) is 3.98. The molecule has 0 aliphatic heterocycles. The van der Waals surface area contributed by atoms with Crippen molar-refractivity contribution < 1.29 is 4.39 Å². The molecule has 0 aliphatic carbocycles. The summed E-state index contributed by atoms with van der Waals surface area (Å²) in [6.45, 7) is 3.71. The van der Waals surface area contributed by atoms with Gasteiger partial charge in [0.2, 0.25) is 0 Å². The molecule has 19 heavy (non-hydrogen) atoms. The van der Waals surface area contributed by atoms with Gasteiger partial charge in [0.1, 0.15) is 5.82 Å². The molecule has 0 bridgehead atoms. The van der Waals surface area contributed by atoms with E-state index in [0.29, 0.717) is 0 Å². The molecule has 100 valence electrons. The van der Waals surface area contributed by atoms with Gasteiger partial charge in [-0.15, -0.1) is 0 Å². The van der Waals surface area contributed by atoms with Gasteiger partial charge < -0.3 is 10.2 Å². The van der Waals surface area contributed by atoms with E-state index in [9.17, 15) is 4.39 Å². The third-order valence-corrected chi connectivity index (χ3v) is 3.08. The van der Waals surface area contributed by atoms with E-state index in [0.717, 1.165) is 18.8 Å². The second kappa shape index (κ2) is 6.23. The summed E-state index contributed by atoms with van der Waals surface area (Å²) < 4.78 is 13.0. The number of nitrogens with one attached hydrogen (secondary N) is 1. The minimum absolute atomic E-state index is 0.211. The Morgan fingerprint density at radius 3 is 2.53 bits per heavy atom. The summed E-state index contributed by atoms with van der Waals surface area (Å²) in [6.07, 6.45) is 0. The van der Waals surface area contributed by atoms with Gasteiger partial charge >= 0.3 is 0 Å². The number of halogens is 1. The number of hydrogen-bond donors (Lipinski definition) is 1. The van der Waals surface area contributed by atoms with E-state index in [1.165, 1.54) is 23.4 Å². The van der Waals surface area contributed by atoms with Crippen LogP contribution in [0.25, 0.3) is 0 Å². The first-order valence-electron chi connectivity index (χ1n) is 6.42. The van der Waals surface area contributed by atoms with Gasteiger partial charge in [-0.3, -0.25) is 0 Å². The fraction of sp³-hybridized carbons (Fsp3) is 0.250. The van der Waals surface area contributed by atoms with Crippen LogP contribution in [0.4, 0.5) is 15.8 Å². The molecule has 2 rings (SSSR count). The van der Waals surface area contributed by atoms with Crippen LogP contribution in [0.1, 0.15) is 5.56 Å². The maximum absolute atomic E-state index is 13.0. The lowest BCUT2D eigenvalue weighted by Gasteiger charge is -2.20. The summed E-state index contributed by atoms with van der Waals surface area (Å²) in [5.41, 5.74) is 3.26. The van der Waals surface area contributed by atoms with Crippen molar-refractivity contribution >= 4 is 11.4 Å². The average molecular weight is 258 g/mol. The highest BCUT2D eigenvalue weighted by Crippen LogP contribution is 2.13. The van der Waals surface area contributed by atoms with Crippen LogP contribution in [0, 0.1) is 12.7 Å². The smallest absolute Gasteiger partial charge is 0.125 e. The minimum Gasteiger partial charge on any atom is -0.383 e. The van der Waals surface area contributed by atoms with Crippen LogP contribution >= 0.6 is 0 Å². The largest absolute Gasteiger partial charge is 0.383 e. The van der Waals surface area contributed by atoms with Crippen LogP contribution in [0.5, 0.6) is 0 Å². The Bertz CT molecular complexity index is 523. The summed E-state index contributed by atoms with van der Waals surface area (Å²) in [7, 11) is 2.05. The fourth-order valence-electron chi connectivity index (χ4n) is 1.89. The maximum atomic E-state index is 13.0. The van der Waals surface area contributed by atoms with Gasteiger partial charge in [-0.1, -0.05) is 23.8 Å². The van der Waals surface area contributed by atoms with Crippen LogP contribution in [0.2, 0.25) is 0 Å². The van der Waals surface area contributed by atoms with Gasteiger partial charge in [0.25, 0.3) is 0 Å². The molecule has 0 atom stereocenters. The number of benzene rings is 2. The molecule has 3 heteroatoms. The molecular weight excluding hydrogens is 239 g/mol. The van der Waals surface area contributed by atoms with Gasteiger partial charge in [-0.25, -0.2) is 4.39 Å². The van der Waals surface area contributed by atoms with Crippen molar-refractivity contribution in [3.63, 3.8) is 0 Å². The van der Waals surface area contributed by atoms with E-state index in [2.05, 4.69) is 48.5 Å². The van der Waals surface area contributed by atoms with Crippen molar-refractivity contribution in [3.8, 4) is 0 Å². The minimum atomic E-state index is -0.211. The molecule has 0 aromatic heterocycles. The Morgan fingerprint density at radius 2 is 1.84 bits per heavy atom. The predicted octanol–water partition coefficient (Wildman–Crippen LogP) is 3.68. The summed E-state index contributed by atoms with van der Waals surface area (Å²) in [6, 6.07) is 15.0. The zero-order valence-corrected chi connectivity index (χ0v) is 11.4. The number of aryl methyl sites for hydroxylation is 1. The highest BCUT2D eigenvalue weighted by Gasteiger charge is 2.00. The monoisotopic (exact) mass is 258 g/mol. The molecule has 2 aromatic carbocycles. The third-order valence-electron chi connectivity index (χ3n) is 3.08. The first-order valence-corrected chi connectivity index (χ1v) is 6.42. The zero-order chi connectivity index (χ0) is 13.7. The van der Waals surface area contributed by atoms with Crippen molar-refractivity contribution in [2.45, 2.75) is 6.92 Å². The van der Waals surface area contributed by atoms with Crippen LogP contribution in [0.3, 0.4) is 0 Å². The van der Waals surface area contributed by atoms with Crippen LogP contribution in [-0.2, 0) is 0 Å². The Labute approximate surface area is 113 Å². The second-order valence-electron chi connectivity index (χ2n) is 4.69. The topological polar surface area (TPSA) is 15.3 Å². The van der Waals surface area contributed by atoms with E-state index in [1.54, 1.807) is 6.07 Å². The molecule has 0 fully saturated rings. The van der Waals surface area contributed by atoms with E-state index < -0.39 is 0 Å². The van der Waals surface area contributed by atoms with Gasteiger partial charge in [0.15, 0.2) is 0 Å². The highest BCUT2D eigenvalue weighted by atomic mass is 19.1. The van der Waals surface area contributed by atoms with Crippen LogP contribution in [0.15, 0.2) is 48.5 Å². The molecule has 0 saturated heterocycles. The molecule has 2 nitrogen and oxygen atoms in total. The first kappa shape index (κ1) is 13.4. The van der Waals surface area contributed by atoms with E-state index in [-0.39, 0.29) is 5.82 Å². The van der Waals surface area contributed by atoms with Gasteiger partial charge in [-0.2, -0.15) is 0 Å². The lowest BCUT2D eigenvalue weighted by Crippen LogP contribution is -2.24. The molecule has 0 unspecified atom stereocenters. The summed E-state index contributed by atoms with van der Waals surface area (Å²) >= 11 is 0. The molecular formula is C16H19FN2. The quantitative estimate of drug-likeness (QED) is 0.880. The Kier molecular flexibility index (Phi) is 4.39. The van der Waals surface area contributed by atoms with E-state index >= 15 is 0 Å². The van der Waals surface area contributed by atoms with Gasteiger partial charge in [0, 0.05) is 31.5 Å². The Hall–Kier alpha value is -2.03. The van der Waals surface area contributed by atoms with Crippen LogP contribution in [-0.4, -0.2) is 20.1 Å². The number of likely N-dealkylation sites (N-methyl/N-ethyl adjacent to an activating group) is 1. The van der Waals surface area contributed by atoms with Crippen LogP contribution < -0.4 is 10.2 Å². The molecule has 0 heterocycles. The van der Waals surface area contributed by atoms with Crippen molar-refractivity contribution in [2.24, 2.45) is 0 Å². The van der Waals surface area contributed by atoms with Gasteiger partial charge in [0.05, 0.1) is 0 Å². The Morgan fingerprint density at radius 1 is 1.11 bits per heavy atom. The number of anilines is 2. The number of nitrogens with zero attached hydrogens (tertiary/aromatic N) is 1. The molecule has 1 N–H and O–H groups in total. The Balaban J connectivity index is 1.84. The van der Waals surface area contributed by atoms with Crippen molar-refractivity contribution in [1.82, 2.24) is 0 Å². The van der Waals surface area contributed by atoms with E-state index in [4.69, 9.17) is 0 Å². The van der Waals surface area contributed by atoms with E-state index in [1.807, 2.05) is 6.07 Å². The van der Waals surface area contributed by atoms with Gasteiger partial charge in [-0.05, 0) is 37.3 Å². The molecule has 0 amide bonds. The maximum Gasteiger partial charge on any atom is 0.125 e. The molecule has 2 aromatic rings. The number of rotatable bonds is 5. The van der Waals surface area contributed by atoms with Crippen molar-refractivity contribution in [3.05, 3.63) is 59.9 Å². The molecule has 0 aliphatic rings. The molecule has 0 spiro atoms. The summed E-state index contributed by atoms with van der Waals surface area (Å²) in [4.78, 5) is 2.17. The predicted molar refractivity (Wildman–Crippen MR) is 79.3 cm³/mol. The second-order valence-corrected chi connectivity index (χ2v) is 4.69.